The van der Waals surface area contributed by atoms with Gasteiger partial charge in [-0.1, -0.05) is 12.2 Å². The fraction of sp³-hybridized carbons (Fsp3) is 0.545. The van der Waals surface area contributed by atoms with Crippen LogP contribution in [0.3, 0.4) is 0 Å². The lowest BCUT2D eigenvalue weighted by atomic mass is 9.98. The zero-order chi connectivity index (χ0) is 9.23. The van der Waals surface area contributed by atoms with E-state index in [4.69, 9.17) is 5.26 Å². The van der Waals surface area contributed by atoms with Gasteiger partial charge in [-0.15, -0.1) is 13.2 Å². The third-order valence-corrected chi connectivity index (χ3v) is 1.86. The van der Waals surface area contributed by atoms with E-state index in [9.17, 15) is 0 Å². The molecule has 0 aliphatic rings. The van der Waals surface area contributed by atoms with Gasteiger partial charge in [0.1, 0.15) is 0 Å². The predicted octanol–water partition coefficient (Wildman–Crippen LogP) is 3.45. The quantitative estimate of drug-likeness (QED) is 0.416. The van der Waals surface area contributed by atoms with Gasteiger partial charge in [0.15, 0.2) is 0 Å². The van der Waals surface area contributed by atoms with Gasteiger partial charge < -0.3 is 0 Å². The van der Waals surface area contributed by atoms with E-state index in [0.717, 1.165) is 32.1 Å². The van der Waals surface area contributed by atoms with Gasteiger partial charge in [-0.25, -0.2) is 0 Å². The van der Waals surface area contributed by atoms with Crippen LogP contribution in [0.5, 0.6) is 0 Å². The number of nitrogens with zero attached hydrogens (tertiary/aromatic N) is 1. The number of hydrogen-bond acceptors (Lipinski definition) is 1. The van der Waals surface area contributed by atoms with E-state index in [2.05, 4.69) is 19.2 Å². The van der Waals surface area contributed by atoms with Crippen molar-refractivity contribution in [1.29, 1.82) is 5.26 Å². The van der Waals surface area contributed by atoms with Crippen LogP contribution in [-0.2, 0) is 0 Å². The SMILES string of the molecule is C=CCCCC(C#N)CCC=C. The van der Waals surface area contributed by atoms with E-state index in [1.165, 1.54) is 0 Å². The molecule has 1 nitrogen and oxygen atoms in total. The average molecular weight is 163 g/mol. The minimum atomic E-state index is 0.211. The molecular weight excluding hydrogens is 146 g/mol. The van der Waals surface area contributed by atoms with Crippen molar-refractivity contribution in [1.82, 2.24) is 0 Å². The van der Waals surface area contributed by atoms with Crippen LogP contribution in [0.15, 0.2) is 25.3 Å². The number of rotatable bonds is 7. The monoisotopic (exact) mass is 163 g/mol. The van der Waals surface area contributed by atoms with Crippen molar-refractivity contribution < 1.29 is 0 Å². The number of hydrogen-bond donors (Lipinski definition) is 0. The van der Waals surface area contributed by atoms with Crippen LogP contribution in [0.25, 0.3) is 0 Å². The molecule has 0 bridgehead atoms. The zero-order valence-electron chi connectivity index (χ0n) is 7.63. The standard InChI is InChI=1S/C11H17N/c1-3-5-7-9-11(10-12)8-6-4-2/h3-4,11H,1-2,5-9H2. The molecule has 0 aromatic rings. The third kappa shape index (κ3) is 5.73. The fourth-order valence-corrected chi connectivity index (χ4v) is 1.10. The van der Waals surface area contributed by atoms with Crippen molar-refractivity contribution in [2.24, 2.45) is 5.92 Å². The second-order valence-corrected chi connectivity index (χ2v) is 2.91. The van der Waals surface area contributed by atoms with E-state index in [1.807, 2.05) is 12.2 Å². The number of allylic oxidation sites excluding steroid dienone is 2. The molecule has 0 saturated carbocycles. The van der Waals surface area contributed by atoms with Gasteiger partial charge >= 0.3 is 0 Å². The lowest BCUT2D eigenvalue weighted by Crippen LogP contribution is -1.95. The minimum Gasteiger partial charge on any atom is -0.198 e. The summed E-state index contributed by atoms with van der Waals surface area (Å²) in [6.07, 6.45) is 8.78. The Balaban J connectivity index is 3.47. The molecule has 0 aromatic heterocycles. The highest BCUT2D eigenvalue weighted by molar-refractivity contribution is 4.85. The molecule has 0 amide bonds. The van der Waals surface area contributed by atoms with Crippen molar-refractivity contribution in [2.45, 2.75) is 32.1 Å². The summed E-state index contributed by atoms with van der Waals surface area (Å²) in [5.74, 6) is 0.211. The first-order valence-electron chi connectivity index (χ1n) is 4.46. The van der Waals surface area contributed by atoms with Crippen molar-refractivity contribution in [3.63, 3.8) is 0 Å². The Bertz CT molecular complexity index is 164. The van der Waals surface area contributed by atoms with Crippen LogP contribution >= 0.6 is 0 Å². The molecule has 12 heavy (non-hydrogen) atoms. The summed E-state index contributed by atoms with van der Waals surface area (Å²) in [6, 6.07) is 2.31. The highest BCUT2D eigenvalue weighted by Gasteiger charge is 2.04. The van der Waals surface area contributed by atoms with Crippen molar-refractivity contribution >= 4 is 0 Å². The van der Waals surface area contributed by atoms with Gasteiger partial charge in [0.05, 0.1) is 6.07 Å². The van der Waals surface area contributed by atoms with Gasteiger partial charge in [-0.3, -0.25) is 0 Å². The summed E-state index contributed by atoms with van der Waals surface area (Å²) in [6.45, 7) is 7.28. The molecule has 0 spiro atoms. The molecule has 0 aliphatic carbocycles. The Morgan fingerprint density at radius 3 is 2.33 bits per heavy atom. The summed E-state index contributed by atoms with van der Waals surface area (Å²) in [5, 5.41) is 8.74. The zero-order valence-corrected chi connectivity index (χ0v) is 7.63. The van der Waals surface area contributed by atoms with E-state index < -0.39 is 0 Å². The van der Waals surface area contributed by atoms with Crippen molar-refractivity contribution in [3.05, 3.63) is 25.3 Å². The van der Waals surface area contributed by atoms with Gasteiger partial charge in [-0.05, 0) is 32.1 Å². The van der Waals surface area contributed by atoms with Gasteiger partial charge in [-0.2, -0.15) is 5.26 Å². The smallest absolute Gasteiger partial charge is 0.0655 e. The topological polar surface area (TPSA) is 23.8 Å². The second-order valence-electron chi connectivity index (χ2n) is 2.91. The highest BCUT2D eigenvalue weighted by atomic mass is 14.3. The molecule has 0 radical (unpaired) electrons. The molecule has 0 N–H and O–H groups in total. The van der Waals surface area contributed by atoms with Crippen LogP contribution in [0, 0.1) is 17.2 Å². The third-order valence-electron chi connectivity index (χ3n) is 1.86. The average Bonchev–Trinajstić information content (AvgIpc) is 2.11. The second kappa shape index (κ2) is 8.07. The molecule has 1 unspecified atom stereocenters. The lowest BCUT2D eigenvalue weighted by molar-refractivity contribution is 0.541. The van der Waals surface area contributed by atoms with Crippen molar-refractivity contribution in [2.75, 3.05) is 0 Å². The normalized spacial score (nSPS) is 11.6. The van der Waals surface area contributed by atoms with Gasteiger partial charge in [0.25, 0.3) is 0 Å². The van der Waals surface area contributed by atoms with E-state index in [0.29, 0.717) is 0 Å². The maximum Gasteiger partial charge on any atom is 0.0655 e. The van der Waals surface area contributed by atoms with Crippen LogP contribution in [-0.4, -0.2) is 0 Å². The van der Waals surface area contributed by atoms with Crippen LogP contribution in [0.1, 0.15) is 32.1 Å². The molecule has 0 rings (SSSR count). The van der Waals surface area contributed by atoms with Crippen LogP contribution in [0.2, 0.25) is 0 Å². The largest absolute Gasteiger partial charge is 0.198 e. The maximum atomic E-state index is 8.74. The van der Waals surface area contributed by atoms with E-state index >= 15 is 0 Å². The summed E-state index contributed by atoms with van der Waals surface area (Å²) >= 11 is 0. The van der Waals surface area contributed by atoms with Gasteiger partial charge in [0, 0.05) is 5.92 Å². The Morgan fingerprint density at radius 1 is 1.17 bits per heavy atom. The molecule has 0 fully saturated rings. The van der Waals surface area contributed by atoms with Crippen LogP contribution in [0.4, 0.5) is 0 Å². The fourth-order valence-electron chi connectivity index (χ4n) is 1.10. The summed E-state index contributed by atoms with van der Waals surface area (Å²) in [4.78, 5) is 0. The van der Waals surface area contributed by atoms with Crippen molar-refractivity contribution in [3.8, 4) is 6.07 Å². The Hall–Kier alpha value is -1.03. The predicted molar refractivity (Wildman–Crippen MR) is 52.6 cm³/mol. The molecule has 1 atom stereocenters. The highest BCUT2D eigenvalue weighted by Crippen LogP contribution is 2.13. The van der Waals surface area contributed by atoms with E-state index in [-0.39, 0.29) is 5.92 Å². The van der Waals surface area contributed by atoms with E-state index in [1.54, 1.807) is 0 Å². The van der Waals surface area contributed by atoms with Gasteiger partial charge in [0.2, 0.25) is 0 Å². The Morgan fingerprint density at radius 2 is 1.83 bits per heavy atom. The molecule has 0 saturated heterocycles. The van der Waals surface area contributed by atoms with Crippen LogP contribution < -0.4 is 0 Å². The maximum absolute atomic E-state index is 8.74. The molecule has 66 valence electrons. The molecular formula is C11H17N. The molecule has 0 aliphatic heterocycles. The number of nitriles is 1. The number of unbranched alkanes of at least 4 members (excludes halogenated alkanes) is 1. The Labute approximate surface area is 75.4 Å². The first kappa shape index (κ1) is 11.0. The molecule has 0 aromatic carbocycles. The first-order chi connectivity index (χ1) is 5.85. The summed E-state index contributed by atoms with van der Waals surface area (Å²) in [7, 11) is 0. The molecule has 1 heteroatoms. The lowest BCUT2D eigenvalue weighted by Gasteiger charge is -2.04. The Kier molecular flexibility index (Phi) is 7.38. The first-order valence-corrected chi connectivity index (χ1v) is 4.46. The molecule has 0 heterocycles. The summed E-state index contributed by atoms with van der Waals surface area (Å²) < 4.78 is 0. The minimum absolute atomic E-state index is 0.211. The summed E-state index contributed by atoms with van der Waals surface area (Å²) in [5.41, 5.74) is 0.